The third kappa shape index (κ3) is 5.73. The van der Waals surface area contributed by atoms with Gasteiger partial charge < -0.3 is 19.8 Å². The van der Waals surface area contributed by atoms with Gasteiger partial charge in [0.25, 0.3) is 0 Å². The fourth-order valence-corrected chi connectivity index (χ4v) is 2.81. The molecule has 0 saturated carbocycles. The summed E-state index contributed by atoms with van der Waals surface area (Å²) in [6.07, 6.45) is 4.03. The van der Waals surface area contributed by atoms with E-state index >= 15 is 0 Å². The number of likely N-dealkylation sites (tertiary alicyclic amines) is 1. The van der Waals surface area contributed by atoms with Crippen LogP contribution in [-0.2, 0) is 13.0 Å². The maximum absolute atomic E-state index is 9.40. The van der Waals surface area contributed by atoms with E-state index in [9.17, 15) is 5.11 Å². The Morgan fingerprint density at radius 3 is 2.86 bits per heavy atom. The zero-order chi connectivity index (χ0) is 15.1. The molecule has 0 radical (unpaired) electrons. The van der Waals surface area contributed by atoms with Gasteiger partial charge in [0.15, 0.2) is 5.82 Å². The van der Waals surface area contributed by atoms with Gasteiger partial charge in [-0.3, -0.25) is 0 Å². The number of aryl methyl sites for hydroxylation is 1. The van der Waals surface area contributed by atoms with Crippen LogP contribution in [0.1, 0.15) is 44.8 Å². The Kier molecular flexibility index (Phi) is 6.60. The number of aliphatic hydroxyl groups excluding tert-OH is 1. The smallest absolute Gasteiger partial charge is 0.226 e. The highest BCUT2D eigenvalue weighted by Crippen LogP contribution is 2.16. The molecule has 21 heavy (non-hydrogen) atoms. The number of rotatable bonds is 8. The molecule has 1 aromatic heterocycles. The van der Waals surface area contributed by atoms with Gasteiger partial charge in [-0.25, -0.2) is 0 Å². The highest BCUT2D eigenvalue weighted by molar-refractivity contribution is 4.86. The Labute approximate surface area is 126 Å². The van der Waals surface area contributed by atoms with Crippen LogP contribution >= 0.6 is 0 Å². The largest absolute Gasteiger partial charge is 0.392 e. The van der Waals surface area contributed by atoms with Crippen molar-refractivity contribution >= 4 is 0 Å². The molecule has 0 aromatic carbocycles. The van der Waals surface area contributed by atoms with Crippen molar-refractivity contribution in [3.05, 3.63) is 11.7 Å². The lowest BCUT2D eigenvalue weighted by Crippen LogP contribution is -2.40. The van der Waals surface area contributed by atoms with Gasteiger partial charge in [0, 0.05) is 13.0 Å². The molecule has 1 atom stereocenters. The number of aromatic nitrogens is 2. The third-order valence-corrected chi connectivity index (χ3v) is 3.92. The number of piperidine rings is 1. The molecule has 6 nitrogen and oxygen atoms in total. The quantitative estimate of drug-likeness (QED) is 0.751. The van der Waals surface area contributed by atoms with Crippen LogP contribution in [-0.4, -0.2) is 52.4 Å². The minimum atomic E-state index is -0.227. The van der Waals surface area contributed by atoms with E-state index in [-0.39, 0.29) is 6.10 Å². The Balaban J connectivity index is 1.61. The summed E-state index contributed by atoms with van der Waals surface area (Å²) in [6, 6.07) is 0. The van der Waals surface area contributed by atoms with Gasteiger partial charge in [0.1, 0.15) is 0 Å². The van der Waals surface area contributed by atoms with Crippen molar-refractivity contribution in [1.82, 2.24) is 20.4 Å². The fourth-order valence-electron chi connectivity index (χ4n) is 2.81. The molecule has 1 aromatic rings. The van der Waals surface area contributed by atoms with Crippen LogP contribution < -0.4 is 5.32 Å². The molecule has 1 saturated heterocycles. The molecule has 0 spiro atoms. The normalized spacial score (nSPS) is 19.0. The maximum Gasteiger partial charge on any atom is 0.226 e. The summed E-state index contributed by atoms with van der Waals surface area (Å²) in [6.45, 7) is 8.60. The summed E-state index contributed by atoms with van der Waals surface area (Å²) in [5, 5.41) is 16.8. The lowest BCUT2D eigenvalue weighted by atomic mass is 9.96. The highest BCUT2D eigenvalue weighted by atomic mass is 16.5. The van der Waals surface area contributed by atoms with E-state index in [1.165, 1.54) is 12.8 Å². The number of hydrogen-bond acceptors (Lipinski definition) is 6. The average molecular weight is 296 g/mol. The molecule has 1 unspecified atom stereocenters. The minimum Gasteiger partial charge on any atom is -0.392 e. The number of hydrogen-bond donors (Lipinski definition) is 2. The average Bonchev–Trinajstić information content (AvgIpc) is 2.88. The Bertz CT molecular complexity index is 400. The van der Waals surface area contributed by atoms with Crippen LogP contribution in [0.4, 0.5) is 0 Å². The molecule has 1 fully saturated rings. The first-order chi connectivity index (χ1) is 10.2. The molecular weight excluding hydrogens is 268 g/mol. The van der Waals surface area contributed by atoms with Gasteiger partial charge in [-0.05, 0) is 51.7 Å². The van der Waals surface area contributed by atoms with Crippen molar-refractivity contribution in [2.75, 3.05) is 26.2 Å². The molecule has 2 N–H and O–H groups in total. The number of nitrogens with zero attached hydrogens (tertiary/aromatic N) is 3. The SMILES string of the molecule is CCCc1nc(CNCC2CCN(CC(C)O)CC2)no1. The lowest BCUT2D eigenvalue weighted by molar-refractivity contribution is 0.0997. The second kappa shape index (κ2) is 8.46. The minimum absolute atomic E-state index is 0.227. The predicted molar refractivity (Wildman–Crippen MR) is 80.8 cm³/mol. The van der Waals surface area contributed by atoms with Gasteiger partial charge in [-0.2, -0.15) is 4.98 Å². The number of β-amino-alcohol motifs (C(OH)–C–C–N with tert-alkyl or cyclic N) is 1. The highest BCUT2D eigenvalue weighted by Gasteiger charge is 2.19. The van der Waals surface area contributed by atoms with E-state index in [1.54, 1.807) is 0 Å². The van der Waals surface area contributed by atoms with Crippen LogP contribution in [0.2, 0.25) is 0 Å². The first-order valence-corrected chi connectivity index (χ1v) is 8.10. The zero-order valence-corrected chi connectivity index (χ0v) is 13.2. The second-order valence-electron chi connectivity index (χ2n) is 6.08. The molecule has 0 amide bonds. The number of aliphatic hydroxyl groups is 1. The monoisotopic (exact) mass is 296 g/mol. The fraction of sp³-hybridized carbons (Fsp3) is 0.867. The van der Waals surface area contributed by atoms with Crippen molar-refractivity contribution < 1.29 is 9.63 Å². The van der Waals surface area contributed by atoms with Gasteiger partial charge in [-0.15, -0.1) is 0 Å². The van der Waals surface area contributed by atoms with Gasteiger partial charge >= 0.3 is 0 Å². The van der Waals surface area contributed by atoms with Crippen LogP contribution in [0.15, 0.2) is 4.52 Å². The summed E-state index contributed by atoms with van der Waals surface area (Å²) in [5.74, 6) is 2.20. The van der Waals surface area contributed by atoms with Crippen LogP contribution in [0, 0.1) is 5.92 Å². The van der Waals surface area contributed by atoms with Crippen LogP contribution in [0.5, 0.6) is 0 Å². The van der Waals surface area contributed by atoms with Crippen molar-refractivity contribution in [3.63, 3.8) is 0 Å². The van der Waals surface area contributed by atoms with Crippen molar-refractivity contribution in [2.24, 2.45) is 5.92 Å². The van der Waals surface area contributed by atoms with Crippen LogP contribution in [0.3, 0.4) is 0 Å². The Hall–Kier alpha value is -0.980. The van der Waals surface area contributed by atoms with E-state index < -0.39 is 0 Å². The first-order valence-electron chi connectivity index (χ1n) is 8.10. The van der Waals surface area contributed by atoms with E-state index in [2.05, 4.69) is 27.3 Å². The summed E-state index contributed by atoms with van der Waals surface area (Å²) < 4.78 is 5.17. The molecule has 2 rings (SSSR count). The third-order valence-electron chi connectivity index (χ3n) is 3.92. The number of nitrogens with one attached hydrogen (secondary N) is 1. The van der Waals surface area contributed by atoms with Gasteiger partial charge in [-0.1, -0.05) is 12.1 Å². The second-order valence-corrected chi connectivity index (χ2v) is 6.08. The summed E-state index contributed by atoms with van der Waals surface area (Å²) >= 11 is 0. The summed E-state index contributed by atoms with van der Waals surface area (Å²) in [5.41, 5.74) is 0. The van der Waals surface area contributed by atoms with E-state index in [0.29, 0.717) is 12.5 Å². The van der Waals surface area contributed by atoms with Crippen molar-refractivity contribution in [2.45, 2.75) is 52.2 Å². The summed E-state index contributed by atoms with van der Waals surface area (Å²) in [4.78, 5) is 6.70. The lowest BCUT2D eigenvalue weighted by Gasteiger charge is -2.32. The predicted octanol–water partition coefficient (Wildman–Crippen LogP) is 1.20. The summed E-state index contributed by atoms with van der Waals surface area (Å²) in [7, 11) is 0. The van der Waals surface area contributed by atoms with Crippen molar-refractivity contribution in [3.8, 4) is 0 Å². The first kappa shape index (κ1) is 16.4. The van der Waals surface area contributed by atoms with Gasteiger partial charge in [0.2, 0.25) is 5.89 Å². The zero-order valence-electron chi connectivity index (χ0n) is 13.2. The molecule has 120 valence electrons. The van der Waals surface area contributed by atoms with Crippen molar-refractivity contribution in [1.29, 1.82) is 0 Å². The molecule has 2 heterocycles. The van der Waals surface area contributed by atoms with Gasteiger partial charge in [0.05, 0.1) is 12.6 Å². The van der Waals surface area contributed by atoms with E-state index in [4.69, 9.17) is 4.52 Å². The molecule has 1 aliphatic rings. The Morgan fingerprint density at radius 1 is 1.43 bits per heavy atom. The maximum atomic E-state index is 9.40. The standard InChI is InChI=1S/C15H28N4O2/c1-3-4-15-17-14(18-21-15)10-16-9-13-5-7-19(8-6-13)11-12(2)20/h12-13,16,20H,3-11H2,1-2H3. The molecule has 6 heteroatoms. The Morgan fingerprint density at radius 2 is 2.19 bits per heavy atom. The van der Waals surface area contributed by atoms with Crippen LogP contribution in [0.25, 0.3) is 0 Å². The topological polar surface area (TPSA) is 74.4 Å². The van der Waals surface area contributed by atoms with E-state index in [0.717, 1.165) is 50.7 Å². The van der Waals surface area contributed by atoms with E-state index in [1.807, 2.05) is 6.92 Å². The molecule has 0 aliphatic carbocycles. The molecule has 1 aliphatic heterocycles. The molecule has 0 bridgehead atoms. The molecular formula is C15H28N4O2.